The van der Waals surface area contributed by atoms with Gasteiger partial charge in [-0.2, -0.15) is 4.31 Å². The molecule has 1 aliphatic rings. The lowest BCUT2D eigenvalue weighted by Gasteiger charge is -2.36. The van der Waals surface area contributed by atoms with Gasteiger partial charge in [-0.3, -0.25) is 9.59 Å². The summed E-state index contributed by atoms with van der Waals surface area (Å²) in [6.07, 6.45) is 0.379. The van der Waals surface area contributed by atoms with E-state index in [-0.39, 0.29) is 30.3 Å². The highest BCUT2D eigenvalue weighted by molar-refractivity contribution is 7.89. The Morgan fingerprint density at radius 2 is 1.61 bits per heavy atom. The minimum atomic E-state index is -3.82. The van der Waals surface area contributed by atoms with Crippen LogP contribution >= 0.6 is 0 Å². The van der Waals surface area contributed by atoms with Gasteiger partial charge in [-0.05, 0) is 36.6 Å². The summed E-state index contributed by atoms with van der Waals surface area (Å²) in [5, 5.41) is 0. The molecule has 0 bridgehead atoms. The van der Waals surface area contributed by atoms with E-state index in [0.717, 1.165) is 16.7 Å². The molecule has 1 aliphatic heterocycles. The van der Waals surface area contributed by atoms with Gasteiger partial charge in [0, 0.05) is 12.1 Å². The molecule has 0 amide bonds. The molecule has 0 fully saturated rings. The first-order valence-corrected chi connectivity index (χ1v) is 12.2. The summed E-state index contributed by atoms with van der Waals surface area (Å²) in [4.78, 5) is 25.3. The smallest absolute Gasteiger partial charge is 0.308 e. The van der Waals surface area contributed by atoms with E-state index in [1.54, 1.807) is 42.5 Å². The van der Waals surface area contributed by atoms with Gasteiger partial charge in [0.2, 0.25) is 10.0 Å². The summed E-state index contributed by atoms with van der Waals surface area (Å²) in [6, 6.07) is 22.0. The van der Waals surface area contributed by atoms with Crippen LogP contribution in [0.5, 0.6) is 0 Å². The first-order valence-electron chi connectivity index (χ1n) is 10.8. The van der Waals surface area contributed by atoms with Crippen LogP contribution in [0.4, 0.5) is 0 Å². The van der Waals surface area contributed by atoms with Gasteiger partial charge >= 0.3 is 5.97 Å². The van der Waals surface area contributed by atoms with Crippen LogP contribution in [0.15, 0.2) is 83.8 Å². The molecule has 4 rings (SSSR count). The summed E-state index contributed by atoms with van der Waals surface area (Å²) < 4.78 is 33.4. The number of hydrogen-bond donors (Lipinski definition) is 0. The first kappa shape index (κ1) is 22.9. The monoisotopic (exact) mass is 463 g/mol. The zero-order valence-corrected chi connectivity index (χ0v) is 19.1. The van der Waals surface area contributed by atoms with Crippen LogP contribution in [0.25, 0.3) is 0 Å². The molecule has 3 aromatic rings. The van der Waals surface area contributed by atoms with Crippen molar-refractivity contribution in [3.63, 3.8) is 0 Å². The van der Waals surface area contributed by atoms with E-state index in [2.05, 4.69) is 0 Å². The number of nitrogens with zero attached hydrogens (tertiary/aromatic N) is 1. The maximum absolute atomic E-state index is 13.4. The van der Waals surface area contributed by atoms with Gasteiger partial charge in [0.15, 0.2) is 12.4 Å². The third kappa shape index (κ3) is 5.05. The van der Waals surface area contributed by atoms with Crippen molar-refractivity contribution in [3.05, 3.63) is 101 Å². The molecule has 33 heavy (non-hydrogen) atoms. The second kappa shape index (κ2) is 9.68. The maximum atomic E-state index is 13.4. The molecule has 0 N–H and O–H groups in total. The van der Waals surface area contributed by atoms with Gasteiger partial charge in [-0.25, -0.2) is 8.42 Å². The van der Waals surface area contributed by atoms with E-state index in [1.807, 2.05) is 43.3 Å². The van der Waals surface area contributed by atoms with Crippen molar-refractivity contribution in [1.29, 1.82) is 0 Å². The van der Waals surface area contributed by atoms with Crippen molar-refractivity contribution in [3.8, 4) is 0 Å². The lowest BCUT2D eigenvalue weighted by atomic mass is 9.92. The van der Waals surface area contributed by atoms with Crippen LogP contribution < -0.4 is 0 Å². The molecule has 1 atom stereocenters. The molecule has 3 aromatic carbocycles. The Bertz CT molecular complexity index is 1250. The number of carbonyl (C=O) groups excluding carboxylic acids is 2. The normalized spacial score (nSPS) is 16.1. The molecule has 0 saturated heterocycles. The van der Waals surface area contributed by atoms with Crippen molar-refractivity contribution in [2.24, 2.45) is 0 Å². The molecule has 6 nitrogen and oxygen atoms in total. The second-order valence-electron chi connectivity index (χ2n) is 8.05. The molecule has 1 unspecified atom stereocenters. The molecule has 0 saturated carbocycles. The van der Waals surface area contributed by atoms with Crippen molar-refractivity contribution < 1.29 is 22.7 Å². The zero-order chi connectivity index (χ0) is 23.4. The van der Waals surface area contributed by atoms with Gasteiger partial charge in [0.1, 0.15) is 0 Å². The average molecular weight is 464 g/mol. The fourth-order valence-electron chi connectivity index (χ4n) is 4.04. The lowest BCUT2D eigenvalue weighted by Crippen LogP contribution is -2.41. The van der Waals surface area contributed by atoms with Crippen LogP contribution in [-0.4, -0.2) is 37.6 Å². The Morgan fingerprint density at radius 1 is 0.939 bits per heavy atom. The summed E-state index contributed by atoms with van der Waals surface area (Å²) >= 11 is 0. The third-order valence-electron chi connectivity index (χ3n) is 5.81. The highest BCUT2D eigenvalue weighted by Crippen LogP contribution is 2.36. The van der Waals surface area contributed by atoms with E-state index in [0.29, 0.717) is 12.0 Å². The number of hydrogen-bond acceptors (Lipinski definition) is 5. The van der Waals surface area contributed by atoms with Crippen LogP contribution in [0.2, 0.25) is 0 Å². The summed E-state index contributed by atoms with van der Waals surface area (Å²) in [5.74, 6) is -0.924. The largest absolute Gasteiger partial charge is 0.457 e. The van der Waals surface area contributed by atoms with Crippen molar-refractivity contribution in [2.75, 3.05) is 13.2 Å². The Kier molecular flexibility index (Phi) is 6.72. The standard InChI is InChI=1S/C26H25NO5S/c1-19-11-13-21(14-12-19)25(28)18-32-26(29)17-24-23-10-6-5-7-20(23)15-16-27(24)33(30,31)22-8-3-2-4-9-22/h2-14,24H,15-18H2,1H3. The maximum Gasteiger partial charge on any atom is 0.308 e. The van der Waals surface area contributed by atoms with Crippen LogP contribution in [0.3, 0.4) is 0 Å². The van der Waals surface area contributed by atoms with E-state index in [9.17, 15) is 18.0 Å². The SMILES string of the molecule is Cc1ccc(C(=O)COC(=O)CC2c3ccccc3CCN2S(=O)(=O)c2ccccc2)cc1. The molecule has 7 heteroatoms. The van der Waals surface area contributed by atoms with Crippen molar-refractivity contribution >= 4 is 21.8 Å². The number of fused-ring (bicyclic) bond motifs is 1. The number of ether oxygens (including phenoxy) is 1. The number of sulfonamides is 1. The topological polar surface area (TPSA) is 80.8 Å². The number of Topliss-reactive ketones (excluding diaryl/α,β-unsaturated/α-hetero) is 1. The second-order valence-corrected chi connectivity index (χ2v) is 9.94. The number of aryl methyl sites for hydroxylation is 1. The van der Waals surface area contributed by atoms with Crippen molar-refractivity contribution in [1.82, 2.24) is 4.31 Å². The van der Waals surface area contributed by atoms with Crippen LogP contribution in [0.1, 0.15) is 39.5 Å². The fraction of sp³-hybridized carbons (Fsp3) is 0.231. The van der Waals surface area contributed by atoms with Gasteiger partial charge in [0.05, 0.1) is 17.4 Å². The molecule has 0 spiro atoms. The minimum Gasteiger partial charge on any atom is -0.457 e. The molecular formula is C26H25NO5S. The predicted molar refractivity (Wildman–Crippen MR) is 124 cm³/mol. The van der Waals surface area contributed by atoms with Crippen molar-refractivity contribution in [2.45, 2.75) is 30.7 Å². The Balaban J connectivity index is 1.54. The number of benzene rings is 3. The van der Waals surface area contributed by atoms with E-state index >= 15 is 0 Å². The molecule has 1 heterocycles. The molecule has 0 aliphatic carbocycles. The zero-order valence-electron chi connectivity index (χ0n) is 18.3. The lowest BCUT2D eigenvalue weighted by molar-refractivity contribution is -0.143. The Labute approximate surface area is 193 Å². The van der Waals surface area contributed by atoms with Gasteiger partial charge in [-0.1, -0.05) is 72.3 Å². The molecule has 0 radical (unpaired) electrons. The fourth-order valence-corrected chi connectivity index (χ4v) is 5.67. The summed E-state index contributed by atoms with van der Waals surface area (Å²) in [5.41, 5.74) is 3.28. The molecule has 170 valence electrons. The first-order chi connectivity index (χ1) is 15.9. The van der Waals surface area contributed by atoms with Gasteiger partial charge in [0.25, 0.3) is 0 Å². The molecule has 0 aromatic heterocycles. The highest BCUT2D eigenvalue weighted by atomic mass is 32.2. The van der Waals surface area contributed by atoms with Crippen LogP contribution in [0, 0.1) is 6.92 Å². The Morgan fingerprint density at radius 3 is 2.33 bits per heavy atom. The number of esters is 1. The third-order valence-corrected chi connectivity index (χ3v) is 7.73. The quantitative estimate of drug-likeness (QED) is 0.389. The number of ketones is 1. The van der Waals surface area contributed by atoms with Crippen LogP contribution in [-0.2, 0) is 26.0 Å². The van der Waals surface area contributed by atoms with Gasteiger partial charge < -0.3 is 4.74 Å². The molecular weight excluding hydrogens is 438 g/mol. The summed E-state index contributed by atoms with van der Waals surface area (Å²) in [7, 11) is -3.82. The minimum absolute atomic E-state index is 0.176. The Hall–Kier alpha value is -3.29. The van der Waals surface area contributed by atoms with E-state index < -0.39 is 22.0 Å². The number of carbonyl (C=O) groups is 2. The average Bonchev–Trinajstić information content (AvgIpc) is 2.83. The van der Waals surface area contributed by atoms with Gasteiger partial charge in [-0.15, -0.1) is 0 Å². The number of rotatable bonds is 7. The highest BCUT2D eigenvalue weighted by Gasteiger charge is 2.37. The van der Waals surface area contributed by atoms with E-state index in [1.165, 1.54) is 4.31 Å². The van der Waals surface area contributed by atoms with E-state index in [4.69, 9.17) is 4.74 Å². The summed E-state index contributed by atoms with van der Waals surface area (Å²) in [6.45, 7) is 1.79. The predicted octanol–water partition coefficient (Wildman–Crippen LogP) is 4.10.